The first-order valence-electron chi connectivity index (χ1n) is 6.60. The lowest BCUT2D eigenvalue weighted by Gasteiger charge is -2.07. The minimum absolute atomic E-state index is 0.107. The summed E-state index contributed by atoms with van der Waals surface area (Å²) in [5.41, 5.74) is 9.18. The molecule has 1 heterocycles. The molecule has 1 aliphatic rings. The molecule has 1 aromatic heterocycles. The Morgan fingerprint density at radius 1 is 1.32 bits per heavy atom. The number of nitrogens with zero attached hydrogens (tertiary/aromatic N) is 1. The van der Waals surface area contributed by atoms with Gasteiger partial charge in [-0.15, -0.1) is 0 Å². The van der Waals surface area contributed by atoms with E-state index in [-0.39, 0.29) is 5.41 Å². The number of nitrogens with one attached hydrogen (secondary N) is 1. The third-order valence-corrected chi connectivity index (χ3v) is 3.99. The smallest absolute Gasteiger partial charge is 0.118 e. The highest BCUT2D eigenvalue weighted by atomic mass is 16.5. The van der Waals surface area contributed by atoms with Gasteiger partial charge in [-0.3, -0.25) is 0 Å². The maximum Gasteiger partial charge on any atom is 0.118 e. The fourth-order valence-corrected chi connectivity index (χ4v) is 2.43. The van der Waals surface area contributed by atoms with E-state index in [0.717, 1.165) is 41.4 Å². The summed E-state index contributed by atoms with van der Waals surface area (Å²) in [4.78, 5) is 8.17. The van der Waals surface area contributed by atoms with E-state index in [2.05, 4.69) is 11.9 Å². The standard InChI is InChI=1S/C15H19N3O/c1-10-13(11-3-5-12(19-2)6-4-11)18-14(17-10)15(9-16)7-8-15/h3-6H,7-9,16H2,1-2H3,(H,17,18). The van der Waals surface area contributed by atoms with Crippen LogP contribution in [-0.4, -0.2) is 23.6 Å². The molecule has 0 aliphatic heterocycles. The van der Waals surface area contributed by atoms with Crippen LogP contribution in [0.4, 0.5) is 0 Å². The molecule has 0 unspecified atom stereocenters. The van der Waals surface area contributed by atoms with Gasteiger partial charge in [0, 0.05) is 23.2 Å². The molecule has 1 aromatic carbocycles. The van der Waals surface area contributed by atoms with Gasteiger partial charge < -0.3 is 15.5 Å². The predicted octanol–water partition coefficient (Wildman–Crippen LogP) is 2.38. The molecule has 3 N–H and O–H groups in total. The van der Waals surface area contributed by atoms with E-state index >= 15 is 0 Å². The summed E-state index contributed by atoms with van der Waals surface area (Å²) in [5, 5.41) is 0. The zero-order valence-electron chi connectivity index (χ0n) is 11.4. The third kappa shape index (κ3) is 2.02. The molecular weight excluding hydrogens is 238 g/mol. The van der Waals surface area contributed by atoms with Crippen LogP contribution in [0.15, 0.2) is 24.3 Å². The van der Waals surface area contributed by atoms with Crippen LogP contribution in [0.1, 0.15) is 24.4 Å². The second kappa shape index (κ2) is 4.38. The second-order valence-corrected chi connectivity index (χ2v) is 5.27. The van der Waals surface area contributed by atoms with Crippen molar-refractivity contribution in [3.63, 3.8) is 0 Å². The van der Waals surface area contributed by atoms with Crippen molar-refractivity contribution in [2.45, 2.75) is 25.2 Å². The molecule has 1 saturated carbocycles. The summed E-state index contributed by atoms with van der Waals surface area (Å²) in [6, 6.07) is 7.99. The summed E-state index contributed by atoms with van der Waals surface area (Å²) in [5.74, 6) is 1.90. The number of benzene rings is 1. The number of nitrogens with two attached hydrogens (primary N) is 1. The van der Waals surface area contributed by atoms with E-state index in [1.807, 2.05) is 24.3 Å². The summed E-state index contributed by atoms with van der Waals surface area (Å²) < 4.78 is 5.18. The lowest BCUT2D eigenvalue weighted by molar-refractivity contribution is 0.415. The molecule has 0 atom stereocenters. The molecule has 0 bridgehead atoms. The van der Waals surface area contributed by atoms with Gasteiger partial charge in [0.05, 0.1) is 12.8 Å². The number of aromatic amines is 1. The van der Waals surface area contributed by atoms with Gasteiger partial charge in [-0.2, -0.15) is 0 Å². The van der Waals surface area contributed by atoms with Gasteiger partial charge in [-0.1, -0.05) is 0 Å². The normalized spacial score (nSPS) is 16.4. The largest absolute Gasteiger partial charge is 0.497 e. The first kappa shape index (κ1) is 12.2. The molecule has 3 rings (SSSR count). The van der Waals surface area contributed by atoms with Crippen molar-refractivity contribution in [1.29, 1.82) is 0 Å². The maximum absolute atomic E-state index is 5.86. The zero-order valence-corrected chi connectivity index (χ0v) is 11.4. The van der Waals surface area contributed by atoms with E-state index in [9.17, 15) is 0 Å². The Balaban J connectivity index is 1.96. The average Bonchev–Trinajstić information content (AvgIpc) is 3.16. The zero-order chi connectivity index (χ0) is 13.5. The van der Waals surface area contributed by atoms with Crippen molar-refractivity contribution < 1.29 is 4.74 Å². The van der Waals surface area contributed by atoms with Crippen LogP contribution in [0.25, 0.3) is 11.3 Å². The van der Waals surface area contributed by atoms with Crippen molar-refractivity contribution in [2.24, 2.45) is 5.73 Å². The van der Waals surface area contributed by atoms with Gasteiger partial charge in [0.1, 0.15) is 11.6 Å². The Hall–Kier alpha value is -1.81. The Bertz CT molecular complexity index is 582. The molecule has 2 aromatic rings. The Labute approximate surface area is 113 Å². The number of imidazole rings is 1. The van der Waals surface area contributed by atoms with Crippen molar-refractivity contribution in [3.05, 3.63) is 35.8 Å². The number of rotatable bonds is 4. The van der Waals surface area contributed by atoms with Crippen molar-refractivity contribution >= 4 is 0 Å². The predicted molar refractivity (Wildman–Crippen MR) is 75.3 cm³/mol. The summed E-state index contributed by atoms with van der Waals surface area (Å²) in [6.45, 7) is 2.73. The van der Waals surface area contributed by atoms with Crippen LogP contribution in [0, 0.1) is 6.92 Å². The molecule has 1 fully saturated rings. The van der Waals surface area contributed by atoms with Crippen LogP contribution < -0.4 is 10.5 Å². The minimum Gasteiger partial charge on any atom is -0.497 e. The summed E-state index contributed by atoms with van der Waals surface area (Å²) >= 11 is 0. The first-order valence-corrected chi connectivity index (χ1v) is 6.60. The topological polar surface area (TPSA) is 63.9 Å². The highest BCUT2D eigenvalue weighted by Crippen LogP contribution is 2.46. The highest BCUT2D eigenvalue weighted by molar-refractivity contribution is 5.63. The number of aryl methyl sites for hydroxylation is 1. The monoisotopic (exact) mass is 257 g/mol. The quantitative estimate of drug-likeness (QED) is 0.884. The molecule has 100 valence electrons. The van der Waals surface area contributed by atoms with Crippen molar-refractivity contribution in [3.8, 4) is 17.0 Å². The van der Waals surface area contributed by atoms with Crippen molar-refractivity contribution in [1.82, 2.24) is 9.97 Å². The van der Waals surface area contributed by atoms with Crippen LogP contribution in [0.2, 0.25) is 0 Å². The van der Waals surface area contributed by atoms with E-state index in [0.29, 0.717) is 6.54 Å². The van der Waals surface area contributed by atoms with E-state index in [4.69, 9.17) is 15.5 Å². The fraction of sp³-hybridized carbons (Fsp3) is 0.400. The van der Waals surface area contributed by atoms with Crippen LogP contribution >= 0.6 is 0 Å². The molecule has 0 saturated heterocycles. The SMILES string of the molecule is COc1ccc(-c2nc(C3(CN)CC3)[nH]c2C)cc1. The third-order valence-electron chi connectivity index (χ3n) is 3.99. The molecule has 0 amide bonds. The Morgan fingerprint density at radius 3 is 2.53 bits per heavy atom. The van der Waals surface area contributed by atoms with E-state index in [1.165, 1.54) is 0 Å². The van der Waals surface area contributed by atoms with Gasteiger partial charge in [0.15, 0.2) is 0 Å². The Kier molecular flexibility index (Phi) is 2.82. The van der Waals surface area contributed by atoms with Gasteiger partial charge in [0.2, 0.25) is 0 Å². The lowest BCUT2D eigenvalue weighted by Crippen LogP contribution is -2.21. The highest BCUT2D eigenvalue weighted by Gasteiger charge is 2.45. The fourth-order valence-electron chi connectivity index (χ4n) is 2.43. The molecular formula is C15H19N3O. The van der Waals surface area contributed by atoms with Gasteiger partial charge in [-0.05, 0) is 44.0 Å². The van der Waals surface area contributed by atoms with Crippen LogP contribution in [-0.2, 0) is 5.41 Å². The minimum atomic E-state index is 0.107. The number of methoxy groups -OCH3 is 1. The van der Waals surface area contributed by atoms with Gasteiger partial charge in [0.25, 0.3) is 0 Å². The Morgan fingerprint density at radius 2 is 2.00 bits per heavy atom. The molecule has 1 aliphatic carbocycles. The summed E-state index contributed by atoms with van der Waals surface area (Å²) in [7, 11) is 1.67. The molecule has 0 radical (unpaired) electrons. The van der Waals surface area contributed by atoms with Gasteiger partial charge in [-0.25, -0.2) is 4.98 Å². The second-order valence-electron chi connectivity index (χ2n) is 5.27. The molecule has 4 heteroatoms. The first-order chi connectivity index (χ1) is 9.18. The van der Waals surface area contributed by atoms with Crippen molar-refractivity contribution in [2.75, 3.05) is 13.7 Å². The number of ether oxygens (including phenoxy) is 1. The lowest BCUT2D eigenvalue weighted by atomic mass is 10.1. The average molecular weight is 257 g/mol. The van der Waals surface area contributed by atoms with E-state index in [1.54, 1.807) is 7.11 Å². The number of H-pyrrole nitrogens is 1. The summed E-state index contributed by atoms with van der Waals surface area (Å²) in [6.07, 6.45) is 2.27. The van der Waals surface area contributed by atoms with Crippen LogP contribution in [0.5, 0.6) is 5.75 Å². The molecule has 19 heavy (non-hydrogen) atoms. The number of aromatic nitrogens is 2. The molecule has 0 spiro atoms. The maximum atomic E-state index is 5.86. The van der Waals surface area contributed by atoms with E-state index < -0.39 is 0 Å². The number of hydrogen-bond acceptors (Lipinski definition) is 3. The van der Waals surface area contributed by atoms with Crippen LogP contribution in [0.3, 0.4) is 0 Å². The molecule has 4 nitrogen and oxygen atoms in total. The number of hydrogen-bond donors (Lipinski definition) is 2. The van der Waals surface area contributed by atoms with Gasteiger partial charge >= 0.3 is 0 Å².